The number of carbonyl (C=O) groups is 1. The molecule has 0 aliphatic rings. The molecule has 0 spiro atoms. The fraction of sp³-hybridized carbons (Fsp3) is 0.308. The quantitative estimate of drug-likeness (QED) is 0.563. The van der Waals surface area contributed by atoms with Crippen molar-refractivity contribution in [2.75, 3.05) is 24.3 Å². The molecular formula is C13H17N3O3S. The first-order valence-corrected chi connectivity index (χ1v) is 8.25. The van der Waals surface area contributed by atoms with E-state index in [-0.39, 0.29) is 11.7 Å². The standard InChI is InChI=1S/C13H17N3O3S/c1-20(18,19)6-2-5-15-13(17)12-8-9-7-10(14)3-4-11(9)16-12/h3-4,7-8,16H,2,5-6,14H2,1H3,(H,15,17). The van der Waals surface area contributed by atoms with Crippen LogP contribution in [0.4, 0.5) is 5.69 Å². The third-order valence-electron chi connectivity index (χ3n) is 2.87. The Hall–Kier alpha value is -2.02. The Bertz CT molecular complexity index is 734. The molecule has 2 aromatic rings. The smallest absolute Gasteiger partial charge is 0.267 e. The third-order valence-corrected chi connectivity index (χ3v) is 3.90. The number of benzene rings is 1. The zero-order valence-electron chi connectivity index (χ0n) is 11.1. The molecule has 0 aliphatic carbocycles. The van der Waals surface area contributed by atoms with Gasteiger partial charge in [0, 0.05) is 29.4 Å². The second-order valence-corrected chi connectivity index (χ2v) is 7.03. The lowest BCUT2D eigenvalue weighted by molar-refractivity contribution is 0.0949. The van der Waals surface area contributed by atoms with E-state index in [9.17, 15) is 13.2 Å². The van der Waals surface area contributed by atoms with Crippen molar-refractivity contribution in [3.8, 4) is 0 Å². The molecule has 1 amide bonds. The zero-order chi connectivity index (χ0) is 14.8. The van der Waals surface area contributed by atoms with Gasteiger partial charge in [-0.15, -0.1) is 0 Å². The Morgan fingerprint density at radius 2 is 2.10 bits per heavy atom. The number of anilines is 1. The molecule has 0 unspecified atom stereocenters. The fourth-order valence-electron chi connectivity index (χ4n) is 1.90. The molecule has 0 saturated heterocycles. The van der Waals surface area contributed by atoms with Crippen LogP contribution in [0.2, 0.25) is 0 Å². The van der Waals surface area contributed by atoms with E-state index in [1.54, 1.807) is 18.2 Å². The third kappa shape index (κ3) is 3.74. The summed E-state index contributed by atoms with van der Waals surface area (Å²) in [5, 5.41) is 3.55. The number of hydrogen-bond acceptors (Lipinski definition) is 4. The minimum atomic E-state index is -2.98. The highest BCUT2D eigenvalue weighted by molar-refractivity contribution is 7.90. The molecule has 0 atom stereocenters. The molecule has 0 bridgehead atoms. The Morgan fingerprint density at radius 3 is 2.80 bits per heavy atom. The highest BCUT2D eigenvalue weighted by atomic mass is 32.2. The molecule has 108 valence electrons. The van der Waals surface area contributed by atoms with Crippen LogP contribution in [0.1, 0.15) is 16.9 Å². The Balaban J connectivity index is 1.97. The molecule has 7 heteroatoms. The number of aromatic nitrogens is 1. The second kappa shape index (κ2) is 5.54. The summed E-state index contributed by atoms with van der Waals surface area (Å²) in [5.74, 6) is -0.190. The van der Waals surface area contributed by atoms with Crippen LogP contribution in [0.25, 0.3) is 10.9 Å². The van der Waals surface area contributed by atoms with E-state index in [1.165, 1.54) is 6.26 Å². The number of nitrogen functional groups attached to an aromatic ring is 1. The Morgan fingerprint density at radius 1 is 1.35 bits per heavy atom. The molecule has 2 rings (SSSR count). The van der Waals surface area contributed by atoms with Crippen LogP contribution in [0, 0.1) is 0 Å². The van der Waals surface area contributed by atoms with E-state index in [4.69, 9.17) is 5.73 Å². The minimum absolute atomic E-state index is 0.0660. The molecule has 1 heterocycles. The Labute approximate surface area is 117 Å². The number of aromatic amines is 1. The second-order valence-electron chi connectivity index (χ2n) is 4.77. The van der Waals surface area contributed by atoms with Gasteiger partial charge in [0.2, 0.25) is 0 Å². The fourth-order valence-corrected chi connectivity index (χ4v) is 2.57. The lowest BCUT2D eigenvalue weighted by Crippen LogP contribution is -2.26. The van der Waals surface area contributed by atoms with Crippen molar-refractivity contribution in [2.45, 2.75) is 6.42 Å². The molecule has 0 radical (unpaired) electrons. The SMILES string of the molecule is CS(=O)(=O)CCCNC(=O)c1cc2cc(N)ccc2[nH]1. The van der Waals surface area contributed by atoms with Gasteiger partial charge in [0.15, 0.2) is 0 Å². The number of sulfone groups is 1. The average molecular weight is 295 g/mol. The number of H-pyrrole nitrogens is 1. The van der Waals surface area contributed by atoms with E-state index in [0.29, 0.717) is 24.3 Å². The average Bonchev–Trinajstić information content (AvgIpc) is 2.76. The van der Waals surface area contributed by atoms with Gasteiger partial charge >= 0.3 is 0 Å². The maximum atomic E-state index is 11.9. The van der Waals surface area contributed by atoms with E-state index < -0.39 is 9.84 Å². The molecule has 1 aromatic carbocycles. The van der Waals surface area contributed by atoms with Crippen LogP contribution >= 0.6 is 0 Å². The molecule has 4 N–H and O–H groups in total. The molecule has 0 saturated carbocycles. The zero-order valence-corrected chi connectivity index (χ0v) is 12.0. The summed E-state index contributed by atoms with van der Waals surface area (Å²) < 4.78 is 21.9. The summed E-state index contributed by atoms with van der Waals surface area (Å²) in [6.45, 7) is 0.323. The number of rotatable bonds is 5. The highest BCUT2D eigenvalue weighted by Gasteiger charge is 2.09. The van der Waals surface area contributed by atoms with Crippen molar-refractivity contribution in [1.82, 2.24) is 10.3 Å². The van der Waals surface area contributed by atoms with Gasteiger partial charge in [0.05, 0.1) is 5.75 Å². The van der Waals surface area contributed by atoms with Gasteiger partial charge in [-0.1, -0.05) is 0 Å². The molecule has 1 aromatic heterocycles. The van der Waals surface area contributed by atoms with Crippen molar-refractivity contribution in [1.29, 1.82) is 0 Å². The molecule has 0 fully saturated rings. The lowest BCUT2D eigenvalue weighted by atomic mass is 10.2. The van der Waals surface area contributed by atoms with Crippen LogP contribution in [0.15, 0.2) is 24.3 Å². The van der Waals surface area contributed by atoms with Crippen molar-refractivity contribution in [3.05, 3.63) is 30.0 Å². The number of amides is 1. The molecular weight excluding hydrogens is 278 g/mol. The lowest BCUT2D eigenvalue weighted by Gasteiger charge is -2.02. The van der Waals surface area contributed by atoms with Crippen LogP contribution in [0.3, 0.4) is 0 Å². The summed E-state index contributed by atoms with van der Waals surface area (Å²) >= 11 is 0. The van der Waals surface area contributed by atoms with Crippen molar-refractivity contribution in [2.24, 2.45) is 0 Å². The first kappa shape index (κ1) is 14.4. The molecule has 6 nitrogen and oxygen atoms in total. The van der Waals surface area contributed by atoms with Crippen LogP contribution < -0.4 is 11.1 Å². The van der Waals surface area contributed by atoms with E-state index in [0.717, 1.165) is 10.9 Å². The minimum Gasteiger partial charge on any atom is -0.399 e. The maximum absolute atomic E-state index is 11.9. The summed E-state index contributed by atoms with van der Waals surface area (Å²) in [4.78, 5) is 14.9. The first-order valence-electron chi connectivity index (χ1n) is 6.19. The normalized spacial score (nSPS) is 11.7. The number of hydrogen-bond donors (Lipinski definition) is 3. The predicted molar refractivity (Wildman–Crippen MR) is 79.4 cm³/mol. The number of nitrogens with one attached hydrogen (secondary N) is 2. The number of fused-ring (bicyclic) bond motifs is 1. The van der Waals surface area contributed by atoms with Gasteiger partial charge < -0.3 is 16.0 Å². The number of carbonyl (C=O) groups excluding carboxylic acids is 1. The topological polar surface area (TPSA) is 105 Å². The molecule has 20 heavy (non-hydrogen) atoms. The highest BCUT2D eigenvalue weighted by Crippen LogP contribution is 2.18. The van der Waals surface area contributed by atoms with Gasteiger partial charge in [-0.25, -0.2) is 8.42 Å². The van der Waals surface area contributed by atoms with Gasteiger partial charge in [-0.05, 0) is 30.7 Å². The maximum Gasteiger partial charge on any atom is 0.267 e. The summed E-state index contributed by atoms with van der Waals surface area (Å²) in [5.41, 5.74) is 7.58. The summed E-state index contributed by atoms with van der Waals surface area (Å²) in [6.07, 6.45) is 1.58. The van der Waals surface area contributed by atoms with Crippen molar-refractivity contribution < 1.29 is 13.2 Å². The number of nitrogens with two attached hydrogens (primary N) is 1. The van der Waals surface area contributed by atoms with Gasteiger partial charge in [-0.2, -0.15) is 0 Å². The monoisotopic (exact) mass is 295 g/mol. The predicted octanol–water partition coefficient (Wildman–Crippen LogP) is 0.915. The van der Waals surface area contributed by atoms with Crippen LogP contribution in [-0.2, 0) is 9.84 Å². The molecule has 0 aliphatic heterocycles. The summed E-state index contributed by atoms with van der Waals surface area (Å²) in [6, 6.07) is 7.07. The summed E-state index contributed by atoms with van der Waals surface area (Å²) in [7, 11) is -2.98. The first-order chi connectivity index (χ1) is 9.35. The Kier molecular flexibility index (Phi) is 3.99. The largest absolute Gasteiger partial charge is 0.399 e. The van der Waals surface area contributed by atoms with Crippen LogP contribution in [0.5, 0.6) is 0 Å². The van der Waals surface area contributed by atoms with Gasteiger partial charge in [0.25, 0.3) is 5.91 Å². The van der Waals surface area contributed by atoms with E-state index >= 15 is 0 Å². The van der Waals surface area contributed by atoms with Crippen molar-refractivity contribution in [3.63, 3.8) is 0 Å². The van der Waals surface area contributed by atoms with E-state index in [2.05, 4.69) is 10.3 Å². The van der Waals surface area contributed by atoms with Gasteiger partial charge in [0.1, 0.15) is 15.5 Å². The van der Waals surface area contributed by atoms with Crippen LogP contribution in [-0.4, -0.2) is 37.9 Å². The van der Waals surface area contributed by atoms with E-state index in [1.807, 2.05) is 6.07 Å². The van der Waals surface area contributed by atoms with Gasteiger partial charge in [-0.3, -0.25) is 4.79 Å². The van der Waals surface area contributed by atoms with Crippen molar-refractivity contribution >= 4 is 32.3 Å².